The Morgan fingerprint density at radius 1 is 0.941 bits per heavy atom. The molecule has 0 saturated heterocycles. The van der Waals surface area contributed by atoms with Crippen LogP contribution >= 0.6 is 0 Å². The molecule has 0 heterocycles. The van der Waals surface area contributed by atoms with Crippen molar-refractivity contribution in [2.45, 2.75) is 39.3 Å². The Hall–Kier alpha value is -3.87. The van der Waals surface area contributed by atoms with Crippen molar-refractivity contribution >= 4 is 23.3 Å². The van der Waals surface area contributed by atoms with E-state index in [1.54, 1.807) is 48.4 Å². The van der Waals surface area contributed by atoms with Crippen LogP contribution in [0.25, 0.3) is 0 Å². The lowest BCUT2D eigenvalue weighted by molar-refractivity contribution is -0.115. The SMILES string of the molecule is COc1ccc(NC(=O)Cc2cccc(N(Cc3ccc(F)cc3)C(=O)NC(C)(C)C)c2)cc1. The van der Waals surface area contributed by atoms with Crippen LogP contribution < -0.4 is 20.3 Å². The highest BCUT2D eigenvalue weighted by Gasteiger charge is 2.22. The second-order valence-corrected chi connectivity index (χ2v) is 9.02. The second-order valence-electron chi connectivity index (χ2n) is 9.02. The van der Waals surface area contributed by atoms with Gasteiger partial charge in [-0.1, -0.05) is 24.3 Å². The molecule has 0 saturated carbocycles. The number of anilines is 2. The number of amides is 3. The first kappa shape index (κ1) is 24.8. The van der Waals surface area contributed by atoms with E-state index in [-0.39, 0.29) is 30.7 Å². The van der Waals surface area contributed by atoms with Crippen LogP contribution in [0.4, 0.5) is 20.6 Å². The Morgan fingerprint density at radius 2 is 1.62 bits per heavy atom. The number of carbonyl (C=O) groups excluding carboxylic acids is 2. The molecule has 6 nitrogen and oxygen atoms in total. The summed E-state index contributed by atoms with van der Waals surface area (Å²) in [4.78, 5) is 27.3. The van der Waals surface area contributed by atoms with Crippen LogP contribution in [0.5, 0.6) is 5.75 Å². The fourth-order valence-electron chi connectivity index (χ4n) is 3.34. The van der Waals surface area contributed by atoms with Gasteiger partial charge in [0, 0.05) is 16.9 Å². The minimum absolute atomic E-state index is 0.144. The van der Waals surface area contributed by atoms with Crippen LogP contribution in [0.3, 0.4) is 0 Å². The molecule has 0 bridgehead atoms. The number of carbonyl (C=O) groups is 2. The smallest absolute Gasteiger partial charge is 0.322 e. The minimum Gasteiger partial charge on any atom is -0.497 e. The molecule has 0 aliphatic carbocycles. The first-order valence-electron chi connectivity index (χ1n) is 11.0. The molecule has 178 valence electrons. The molecule has 0 fully saturated rings. The van der Waals surface area contributed by atoms with Gasteiger partial charge in [-0.05, 0) is 80.4 Å². The van der Waals surface area contributed by atoms with E-state index in [0.717, 1.165) is 11.1 Å². The zero-order valence-corrected chi connectivity index (χ0v) is 19.9. The van der Waals surface area contributed by atoms with Crippen molar-refractivity contribution in [3.63, 3.8) is 0 Å². The molecule has 34 heavy (non-hydrogen) atoms. The maximum atomic E-state index is 13.4. The van der Waals surface area contributed by atoms with Crippen molar-refractivity contribution in [1.29, 1.82) is 0 Å². The van der Waals surface area contributed by atoms with Crippen molar-refractivity contribution in [2.24, 2.45) is 0 Å². The third-order valence-corrected chi connectivity index (χ3v) is 4.94. The molecule has 3 aromatic carbocycles. The van der Waals surface area contributed by atoms with E-state index >= 15 is 0 Å². The molecule has 7 heteroatoms. The van der Waals surface area contributed by atoms with Gasteiger partial charge in [0.1, 0.15) is 11.6 Å². The number of benzene rings is 3. The molecule has 0 aliphatic heterocycles. The van der Waals surface area contributed by atoms with Gasteiger partial charge in [0.25, 0.3) is 0 Å². The number of nitrogens with zero attached hydrogens (tertiary/aromatic N) is 1. The molecule has 3 amide bonds. The van der Waals surface area contributed by atoms with Crippen LogP contribution in [0, 0.1) is 5.82 Å². The van der Waals surface area contributed by atoms with E-state index in [9.17, 15) is 14.0 Å². The van der Waals surface area contributed by atoms with Gasteiger partial charge < -0.3 is 15.4 Å². The fraction of sp³-hybridized carbons (Fsp3) is 0.259. The monoisotopic (exact) mass is 463 g/mol. The molecular formula is C27H30FN3O3. The topological polar surface area (TPSA) is 70.7 Å². The molecular weight excluding hydrogens is 433 g/mol. The van der Waals surface area contributed by atoms with Crippen molar-refractivity contribution in [1.82, 2.24) is 5.32 Å². The number of ether oxygens (including phenoxy) is 1. The van der Waals surface area contributed by atoms with Crippen molar-refractivity contribution in [2.75, 3.05) is 17.3 Å². The molecule has 0 radical (unpaired) electrons. The van der Waals surface area contributed by atoms with Gasteiger partial charge in [-0.25, -0.2) is 9.18 Å². The number of methoxy groups -OCH3 is 1. The fourth-order valence-corrected chi connectivity index (χ4v) is 3.34. The van der Waals surface area contributed by atoms with Gasteiger partial charge >= 0.3 is 6.03 Å². The summed E-state index contributed by atoms with van der Waals surface area (Å²) < 4.78 is 18.5. The van der Waals surface area contributed by atoms with Crippen molar-refractivity contribution in [3.8, 4) is 5.75 Å². The Kier molecular flexibility index (Phi) is 7.89. The van der Waals surface area contributed by atoms with Gasteiger partial charge in [-0.3, -0.25) is 9.69 Å². The highest BCUT2D eigenvalue weighted by atomic mass is 19.1. The number of urea groups is 1. The van der Waals surface area contributed by atoms with Gasteiger partial charge in [0.2, 0.25) is 5.91 Å². The normalized spacial score (nSPS) is 11.0. The average molecular weight is 464 g/mol. The number of halogens is 1. The first-order chi connectivity index (χ1) is 16.1. The van der Waals surface area contributed by atoms with Crippen LogP contribution in [0.15, 0.2) is 72.8 Å². The summed E-state index contributed by atoms with van der Waals surface area (Å²) in [5.74, 6) is 0.200. The van der Waals surface area contributed by atoms with Crippen LogP contribution in [-0.2, 0) is 17.8 Å². The number of nitrogens with one attached hydrogen (secondary N) is 2. The summed E-state index contributed by atoms with van der Waals surface area (Å²) in [6.45, 7) is 5.96. The lowest BCUT2D eigenvalue weighted by atomic mass is 10.1. The second kappa shape index (κ2) is 10.8. The van der Waals surface area contributed by atoms with E-state index in [1.165, 1.54) is 12.1 Å². The first-order valence-corrected chi connectivity index (χ1v) is 11.0. The van der Waals surface area contributed by atoms with Gasteiger partial charge in [0.15, 0.2) is 0 Å². The highest BCUT2D eigenvalue weighted by Crippen LogP contribution is 2.22. The number of hydrogen-bond acceptors (Lipinski definition) is 3. The summed E-state index contributed by atoms with van der Waals surface area (Å²) in [6.07, 6.45) is 0.144. The summed E-state index contributed by atoms with van der Waals surface area (Å²) in [6, 6.07) is 20.1. The van der Waals surface area contributed by atoms with Crippen LogP contribution in [-0.4, -0.2) is 24.6 Å². The molecule has 3 rings (SSSR count). The largest absolute Gasteiger partial charge is 0.497 e. The lowest BCUT2D eigenvalue weighted by Gasteiger charge is -2.29. The van der Waals surface area contributed by atoms with E-state index in [0.29, 0.717) is 17.1 Å². The van der Waals surface area contributed by atoms with E-state index in [2.05, 4.69) is 10.6 Å². The van der Waals surface area contributed by atoms with Gasteiger partial charge in [0.05, 0.1) is 20.1 Å². The molecule has 2 N–H and O–H groups in total. The average Bonchev–Trinajstić information content (AvgIpc) is 2.78. The quantitative estimate of drug-likeness (QED) is 0.484. The molecule has 3 aromatic rings. The van der Waals surface area contributed by atoms with E-state index in [4.69, 9.17) is 4.74 Å². The Bertz CT molecular complexity index is 1120. The molecule has 0 aromatic heterocycles. The van der Waals surface area contributed by atoms with Gasteiger partial charge in [-0.15, -0.1) is 0 Å². The Balaban J connectivity index is 1.78. The summed E-state index contributed by atoms with van der Waals surface area (Å²) in [7, 11) is 1.59. The maximum Gasteiger partial charge on any atom is 0.322 e. The van der Waals surface area contributed by atoms with E-state index in [1.807, 2.05) is 45.0 Å². The van der Waals surface area contributed by atoms with Crippen LogP contribution in [0.1, 0.15) is 31.9 Å². The standard InChI is InChI=1S/C27H30FN3O3/c1-27(2,3)30-26(33)31(18-19-8-10-21(28)11-9-19)23-7-5-6-20(16-23)17-25(32)29-22-12-14-24(34-4)15-13-22/h5-16H,17-18H2,1-4H3,(H,29,32)(H,30,33). The molecule has 0 atom stereocenters. The zero-order chi connectivity index (χ0) is 24.7. The molecule has 0 spiro atoms. The molecule has 0 unspecified atom stereocenters. The summed E-state index contributed by atoms with van der Waals surface area (Å²) >= 11 is 0. The number of hydrogen-bond donors (Lipinski definition) is 2. The third-order valence-electron chi connectivity index (χ3n) is 4.94. The zero-order valence-electron chi connectivity index (χ0n) is 19.9. The summed E-state index contributed by atoms with van der Waals surface area (Å²) in [5.41, 5.74) is 2.42. The minimum atomic E-state index is -0.437. The van der Waals surface area contributed by atoms with Gasteiger partial charge in [-0.2, -0.15) is 0 Å². The lowest BCUT2D eigenvalue weighted by Crippen LogP contribution is -2.48. The highest BCUT2D eigenvalue weighted by molar-refractivity contribution is 5.94. The predicted octanol–water partition coefficient (Wildman–Crippen LogP) is 5.53. The van der Waals surface area contributed by atoms with Crippen molar-refractivity contribution in [3.05, 3.63) is 89.7 Å². The van der Waals surface area contributed by atoms with E-state index < -0.39 is 5.54 Å². The Labute approximate surface area is 199 Å². The summed E-state index contributed by atoms with van der Waals surface area (Å²) in [5, 5.41) is 5.84. The maximum absolute atomic E-state index is 13.4. The third kappa shape index (κ3) is 7.33. The van der Waals surface area contributed by atoms with Crippen LogP contribution in [0.2, 0.25) is 0 Å². The van der Waals surface area contributed by atoms with Crippen molar-refractivity contribution < 1.29 is 18.7 Å². The number of rotatable bonds is 7. The predicted molar refractivity (Wildman–Crippen MR) is 133 cm³/mol. The molecule has 0 aliphatic rings. The Morgan fingerprint density at radius 3 is 2.24 bits per heavy atom.